The average Bonchev–Trinajstić information content (AvgIpc) is 2.29. The quantitative estimate of drug-likeness (QED) is 0.466. The lowest BCUT2D eigenvalue weighted by molar-refractivity contribution is 0.285. The monoisotopic (exact) mass is 198 g/mol. The second kappa shape index (κ2) is 5.66. The van der Waals surface area contributed by atoms with Gasteiger partial charge < -0.3 is 10.6 Å². The Hall–Kier alpha value is -0.160. The van der Waals surface area contributed by atoms with E-state index in [1.807, 2.05) is 0 Å². The lowest BCUT2D eigenvalue weighted by Crippen LogP contribution is -2.52. The van der Waals surface area contributed by atoms with Crippen LogP contribution in [0.3, 0.4) is 0 Å². The van der Waals surface area contributed by atoms with Crippen molar-refractivity contribution in [3.05, 3.63) is 0 Å². The predicted molar refractivity (Wildman–Crippen MR) is 58.1 cm³/mol. The van der Waals surface area contributed by atoms with Gasteiger partial charge in [0.1, 0.15) is 0 Å². The fourth-order valence-electron chi connectivity index (χ4n) is 2.17. The van der Waals surface area contributed by atoms with Crippen LogP contribution in [0.5, 0.6) is 0 Å². The Labute approximate surface area is 86.2 Å². The number of piperidine rings is 2. The van der Waals surface area contributed by atoms with Crippen LogP contribution < -0.4 is 21.5 Å². The van der Waals surface area contributed by atoms with Gasteiger partial charge in [0.05, 0.1) is 0 Å². The van der Waals surface area contributed by atoms with E-state index in [-0.39, 0.29) is 0 Å². The number of rotatable bonds is 3. The molecular weight excluding hydrogens is 176 g/mol. The van der Waals surface area contributed by atoms with E-state index in [4.69, 9.17) is 0 Å². The molecule has 2 aliphatic rings. The largest absolute Gasteiger partial charge is 0.317 e. The Bertz CT molecular complexity index is 132. The molecule has 4 heteroatoms. The van der Waals surface area contributed by atoms with Crippen LogP contribution in [-0.2, 0) is 0 Å². The van der Waals surface area contributed by atoms with Gasteiger partial charge in [-0.1, -0.05) is 0 Å². The van der Waals surface area contributed by atoms with Crippen molar-refractivity contribution in [1.82, 2.24) is 21.5 Å². The number of hydrogen-bond acceptors (Lipinski definition) is 4. The zero-order valence-electron chi connectivity index (χ0n) is 8.81. The first kappa shape index (κ1) is 10.4. The summed E-state index contributed by atoms with van der Waals surface area (Å²) in [6.45, 7) is 4.63. The summed E-state index contributed by atoms with van der Waals surface area (Å²) in [6, 6.07) is 1.34. The summed E-state index contributed by atoms with van der Waals surface area (Å²) in [6.07, 6.45) is 4.99. The minimum Gasteiger partial charge on any atom is -0.317 e. The van der Waals surface area contributed by atoms with Gasteiger partial charge in [0.15, 0.2) is 0 Å². The smallest absolute Gasteiger partial charge is 0.0237 e. The molecule has 0 radical (unpaired) electrons. The van der Waals surface area contributed by atoms with E-state index >= 15 is 0 Å². The highest BCUT2D eigenvalue weighted by molar-refractivity contribution is 4.76. The Kier molecular flexibility index (Phi) is 4.19. The highest BCUT2D eigenvalue weighted by Crippen LogP contribution is 2.03. The first-order chi connectivity index (χ1) is 6.95. The van der Waals surface area contributed by atoms with Gasteiger partial charge in [-0.2, -0.15) is 0 Å². The van der Waals surface area contributed by atoms with Crippen molar-refractivity contribution in [3.8, 4) is 0 Å². The molecule has 0 aromatic heterocycles. The van der Waals surface area contributed by atoms with Crippen molar-refractivity contribution >= 4 is 0 Å². The van der Waals surface area contributed by atoms with E-state index < -0.39 is 0 Å². The summed E-state index contributed by atoms with van der Waals surface area (Å²) in [5.41, 5.74) is 6.95. The third-order valence-corrected chi connectivity index (χ3v) is 3.17. The standard InChI is InChI=1S/C10H22N4/c1-5-11-6-2-9(1)13-14-10-3-7-12-8-4-10/h9-14H,1-8H2. The van der Waals surface area contributed by atoms with Crippen molar-refractivity contribution < 1.29 is 0 Å². The van der Waals surface area contributed by atoms with Gasteiger partial charge in [-0.05, 0) is 51.9 Å². The zero-order chi connectivity index (χ0) is 9.64. The van der Waals surface area contributed by atoms with Crippen molar-refractivity contribution in [1.29, 1.82) is 0 Å². The van der Waals surface area contributed by atoms with Gasteiger partial charge >= 0.3 is 0 Å². The average molecular weight is 198 g/mol. The van der Waals surface area contributed by atoms with E-state index in [1.165, 1.54) is 25.7 Å². The van der Waals surface area contributed by atoms with Crippen molar-refractivity contribution in [2.75, 3.05) is 26.2 Å². The second-order valence-corrected chi connectivity index (χ2v) is 4.34. The van der Waals surface area contributed by atoms with Gasteiger partial charge in [0, 0.05) is 12.1 Å². The fraction of sp³-hybridized carbons (Fsp3) is 1.00. The van der Waals surface area contributed by atoms with Crippen LogP contribution in [0.15, 0.2) is 0 Å². The highest BCUT2D eigenvalue weighted by Gasteiger charge is 2.16. The molecular formula is C10H22N4. The topological polar surface area (TPSA) is 48.1 Å². The van der Waals surface area contributed by atoms with E-state index in [0.29, 0.717) is 12.1 Å². The maximum Gasteiger partial charge on any atom is 0.0237 e. The molecule has 14 heavy (non-hydrogen) atoms. The predicted octanol–water partition coefficient (Wildman–Crippen LogP) is -0.415. The van der Waals surface area contributed by atoms with Gasteiger partial charge in [-0.25, -0.2) is 0 Å². The molecule has 0 amide bonds. The summed E-state index contributed by atoms with van der Waals surface area (Å²) in [5, 5.41) is 6.75. The van der Waals surface area contributed by atoms with Crippen LogP contribution in [-0.4, -0.2) is 38.3 Å². The maximum absolute atomic E-state index is 3.47. The van der Waals surface area contributed by atoms with Gasteiger partial charge in [-0.15, -0.1) is 0 Å². The molecule has 0 unspecified atom stereocenters. The van der Waals surface area contributed by atoms with Gasteiger partial charge in [-0.3, -0.25) is 10.9 Å². The maximum atomic E-state index is 3.47. The lowest BCUT2D eigenvalue weighted by Gasteiger charge is -2.29. The molecule has 2 rings (SSSR count). The van der Waals surface area contributed by atoms with Gasteiger partial charge in [0.2, 0.25) is 0 Å². The van der Waals surface area contributed by atoms with Crippen LogP contribution in [0.2, 0.25) is 0 Å². The summed E-state index contributed by atoms with van der Waals surface area (Å²) in [7, 11) is 0. The normalized spacial score (nSPS) is 26.6. The molecule has 2 fully saturated rings. The summed E-state index contributed by atoms with van der Waals surface area (Å²) < 4.78 is 0. The second-order valence-electron chi connectivity index (χ2n) is 4.34. The Balaban J connectivity index is 1.60. The third kappa shape index (κ3) is 3.20. The number of nitrogens with one attached hydrogen (secondary N) is 4. The first-order valence-corrected chi connectivity index (χ1v) is 5.87. The molecule has 0 aromatic carbocycles. The Morgan fingerprint density at radius 1 is 0.643 bits per heavy atom. The first-order valence-electron chi connectivity index (χ1n) is 5.87. The molecule has 0 spiro atoms. The zero-order valence-corrected chi connectivity index (χ0v) is 8.81. The molecule has 0 aromatic rings. The molecule has 4 nitrogen and oxygen atoms in total. The molecule has 82 valence electrons. The van der Waals surface area contributed by atoms with Crippen LogP contribution in [0.25, 0.3) is 0 Å². The van der Waals surface area contributed by atoms with Crippen molar-refractivity contribution in [2.45, 2.75) is 37.8 Å². The molecule has 2 aliphatic heterocycles. The Morgan fingerprint density at radius 3 is 1.36 bits per heavy atom. The van der Waals surface area contributed by atoms with Gasteiger partial charge in [0.25, 0.3) is 0 Å². The lowest BCUT2D eigenvalue weighted by atomic mass is 10.1. The fourth-order valence-corrected chi connectivity index (χ4v) is 2.17. The van der Waals surface area contributed by atoms with E-state index in [9.17, 15) is 0 Å². The molecule has 4 N–H and O–H groups in total. The van der Waals surface area contributed by atoms with E-state index in [0.717, 1.165) is 26.2 Å². The highest BCUT2D eigenvalue weighted by atomic mass is 15.4. The molecule has 2 saturated heterocycles. The molecule has 2 heterocycles. The van der Waals surface area contributed by atoms with E-state index in [2.05, 4.69) is 21.5 Å². The van der Waals surface area contributed by atoms with E-state index in [1.54, 1.807) is 0 Å². The summed E-state index contributed by atoms with van der Waals surface area (Å²) in [4.78, 5) is 0. The van der Waals surface area contributed by atoms with Crippen LogP contribution in [0.1, 0.15) is 25.7 Å². The van der Waals surface area contributed by atoms with Crippen LogP contribution >= 0.6 is 0 Å². The number of hydrazine groups is 1. The molecule has 0 saturated carbocycles. The summed E-state index contributed by atoms with van der Waals surface area (Å²) in [5.74, 6) is 0. The van der Waals surface area contributed by atoms with Crippen molar-refractivity contribution in [2.24, 2.45) is 0 Å². The van der Waals surface area contributed by atoms with Crippen LogP contribution in [0.4, 0.5) is 0 Å². The molecule has 0 bridgehead atoms. The molecule has 0 atom stereocenters. The third-order valence-electron chi connectivity index (χ3n) is 3.17. The Morgan fingerprint density at radius 2 is 1.00 bits per heavy atom. The minimum atomic E-state index is 0.672. The van der Waals surface area contributed by atoms with Crippen LogP contribution in [0, 0.1) is 0 Å². The number of hydrogen-bond donors (Lipinski definition) is 4. The minimum absolute atomic E-state index is 0.672. The summed E-state index contributed by atoms with van der Waals surface area (Å²) >= 11 is 0. The SMILES string of the molecule is C1CC(NNC2CCNCC2)CCN1. The van der Waals surface area contributed by atoms with Crippen molar-refractivity contribution in [3.63, 3.8) is 0 Å². The molecule has 0 aliphatic carbocycles.